The van der Waals surface area contributed by atoms with Crippen LogP contribution in [-0.4, -0.2) is 52.6 Å². The van der Waals surface area contributed by atoms with Gasteiger partial charge in [-0.05, 0) is 62.9 Å². The van der Waals surface area contributed by atoms with Crippen LogP contribution < -0.4 is 0 Å². The molecule has 0 saturated heterocycles. The zero-order valence-electron chi connectivity index (χ0n) is 19.4. The second-order valence-electron chi connectivity index (χ2n) is 7.78. The second kappa shape index (κ2) is 10.1. The molecule has 8 nitrogen and oxygen atoms in total. The number of allylic oxidation sites excluding steroid dienone is 1. The highest BCUT2D eigenvalue weighted by Crippen LogP contribution is 2.27. The minimum absolute atomic E-state index is 0.0681. The quantitative estimate of drug-likeness (QED) is 0.543. The summed E-state index contributed by atoms with van der Waals surface area (Å²) in [5.74, 6) is 0.443. The molecule has 33 heavy (non-hydrogen) atoms. The monoisotopic (exact) mass is 445 g/mol. The molecule has 0 radical (unpaired) electrons. The Bertz CT molecular complexity index is 1220. The Kier molecular flexibility index (Phi) is 7.30. The van der Waals surface area contributed by atoms with Crippen LogP contribution in [0.2, 0.25) is 0 Å². The highest BCUT2D eigenvalue weighted by atomic mass is 16.4. The third-order valence-electron chi connectivity index (χ3n) is 5.06. The van der Waals surface area contributed by atoms with Gasteiger partial charge in [0.15, 0.2) is 0 Å². The van der Waals surface area contributed by atoms with Gasteiger partial charge in [0.2, 0.25) is 5.89 Å². The highest BCUT2D eigenvalue weighted by Gasteiger charge is 2.17. The Morgan fingerprint density at radius 1 is 1.09 bits per heavy atom. The van der Waals surface area contributed by atoms with Crippen molar-refractivity contribution >= 4 is 24.0 Å². The maximum absolute atomic E-state index is 12.1. The van der Waals surface area contributed by atoms with Crippen LogP contribution in [0.1, 0.15) is 54.3 Å². The summed E-state index contributed by atoms with van der Waals surface area (Å²) in [6.45, 7) is 8.90. The molecule has 1 atom stereocenters. The topological polar surface area (TPSA) is 104 Å². The van der Waals surface area contributed by atoms with Gasteiger partial charge in [-0.2, -0.15) is 0 Å². The number of nitrogens with zero attached hydrogens (tertiary/aromatic N) is 5. The number of amides is 1. The average molecular weight is 446 g/mol. The van der Waals surface area contributed by atoms with E-state index in [0.717, 1.165) is 11.1 Å². The Labute approximate surface area is 193 Å². The maximum Gasteiger partial charge on any atom is 0.268 e. The lowest BCUT2D eigenvalue weighted by Gasteiger charge is -2.10. The number of carbonyl (C=O) groups is 1. The van der Waals surface area contributed by atoms with E-state index in [2.05, 4.69) is 26.9 Å². The number of aliphatic hydroxyl groups is 1. The average Bonchev–Trinajstić information content (AvgIpc) is 3.31. The number of carbonyl (C=O) groups excluding carboxylic acids is 1. The molecule has 1 aromatic heterocycles. The van der Waals surface area contributed by atoms with Gasteiger partial charge in [-0.1, -0.05) is 24.3 Å². The van der Waals surface area contributed by atoms with Gasteiger partial charge in [0, 0.05) is 30.9 Å². The van der Waals surface area contributed by atoms with E-state index in [-0.39, 0.29) is 11.8 Å². The molecule has 0 fully saturated rings. The van der Waals surface area contributed by atoms with E-state index in [4.69, 9.17) is 4.42 Å². The van der Waals surface area contributed by atoms with Crippen molar-refractivity contribution in [3.8, 4) is 11.5 Å². The summed E-state index contributed by atoms with van der Waals surface area (Å²) in [4.78, 5) is 22.3. The van der Waals surface area contributed by atoms with Crippen LogP contribution in [0.15, 0.2) is 68.6 Å². The first-order valence-corrected chi connectivity index (χ1v) is 10.4. The van der Waals surface area contributed by atoms with E-state index in [1.165, 1.54) is 4.90 Å². The van der Waals surface area contributed by atoms with E-state index in [1.807, 2.05) is 37.3 Å². The van der Waals surface area contributed by atoms with Gasteiger partial charge in [0.25, 0.3) is 11.8 Å². The predicted octanol–water partition coefficient (Wildman–Crippen LogP) is 4.39. The van der Waals surface area contributed by atoms with Crippen LogP contribution in [0.5, 0.6) is 0 Å². The van der Waals surface area contributed by atoms with Gasteiger partial charge in [-0.3, -0.25) is 9.79 Å². The van der Waals surface area contributed by atoms with Crippen molar-refractivity contribution < 1.29 is 14.3 Å². The predicted molar refractivity (Wildman–Crippen MR) is 129 cm³/mol. The summed E-state index contributed by atoms with van der Waals surface area (Å²) in [6, 6.07) is 14.5. The molecule has 8 heteroatoms. The highest BCUT2D eigenvalue weighted by molar-refractivity contribution is 6.02. The first kappa shape index (κ1) is 23.7. The van der Waals surface area contributed by atoms with Crippen LogP contribution in [0, 0.1) is 0 Å². The minimum atomic E-state index is -0.610. The van der Waals surface area contributed by atoms with Gasteiger partial charge in [0.05, 0.1) is 11.8 Å². The summed E-state index contributed by atoms with van der Waals surface area (Å²) in [5, 5.41) is 18.1. The molecule has 0 aliphatic rings. The standard InChI is InChI=1S/C25H27N5O3/c1-15(18-10-12-19(13-11-18)25(32)30(5)6)27-22(16(2)26-4)24-29-28-23(33-24)21-9-7-8-20(14-21)17(3)31/h7-14,17,31H,4H2,1-3,5-6H3/b22-16-,27-15+. The number of benzene rings is 2. The van der Waals surface area contributed by atoms with Crippen LogP contribution in [0.4, 0.5) is 0 Å². The Balaban J connectivity index is 1.95. The summed E-state index contributed by atoms with van der Waals surface area (Å²) >= 11 is 0. The summed E-state index contributed by atoms with van der Waals surface area (Å²) in [7, 11) is 3.43. The molecular weight excluding hydrogens is 418 g/mol. The SMILES string of the molecule is C=N/C(C)=C(\N=C(/C)c1ccc(C(=O)N(C)C)cc1)c1nnc(-c2cccc(C(C)O)c2)o1. The molecule has 3 rings (SSSR count). The van der Waals surface area contributed by atoms with Crippen molar-refractivity contribution in [1.82, 2.24) is 15.1 Å². The van der Waals surface area contributed by atoms with Crippen molar-refractivity contribution in [1.29, 1.82) is 0 Å². The lowest BCUT2D eigenvalue weighted by Crippen LogP contribution is -2.21. The van der Waals surface area contributed by atoms with Crippen LogP contribution in [0.25, 0.3) is 17.2 Å². The second-order valence-corrected chi connectivity index (χ2v) is 7.78. The van der Waals surface area contributed by atoms with Crippen molar-refractivity contribution in [2.24, 2.45) is 9.98 Å². The maximum atomic E-state index is 12.1. The van der Waals surface area contributed by atoms with Gasteiger partial charge in [0.1, 0.15) is 5.70 Å². The molecule has 3 aromatic rings. The fourth-order valence-electron chi connectivity index (χ4n) is 3.07. The number of rotatable bonds is 7. The van der Waals surface area contributed by atoms with Crippen LogP contribution >= 0.6 is 0 Å². The molecule has 1 heterocycles. The fraction of sp³-hybridized carbons (Fsp3) is 0.240. The third-order valence-corrected chi connectivity index (χ3v) is 5.06. The Morgan fingerprint density at radius 3 is 2.36 bits per heavy atom. The summed E-state index contributed by atoms with van der Waals surface area (Å²) < 4.78 is 5.90. The zero-order chi connectivity index (χ0) is 24.1. The molecule has 1 amide bonds. The van der Waals surface area contributed by atoms with Crippen molar-refractivity contribution in [3.05, 3.63) is 76.8 Å². The first-order chi connectivity index (χ1) is 15.7. The molecule has 1 unspecified atom stereocenters. The van der Waals surface area contributed by atoms with E-state index < -0.39 is 6.10 Å². The number of aliphatic imine (C=N–C) groups is 2. The lowest BCUT2D eigenvalue weighted by atomic mass is 10.1. The van der Waals surface area contributed by atoms with E-state index >= 15 is 0 Å². The van der Waals surface area contributed by atoms with Gasteiger partial charge >= 0.3 is 0 Å². The van der Waals surface area contributed by atoms with Crippen LogP contribution in [0.3, 0.4) is 0 Å². The van der Waals surface area contributed by atoms with Crippen molar-refractivity contribution in [2.45, 2.75) is 26.9 Å². The minimum Gasteiger partial charge on any atom is -0.415 e. The largest absolute Gasteiger partial charge is 0.415 e. The van der Waals surface area contributed by atoms with Crippen molar-refractivity contribution in [3.63, 3.8) is 0 Å². The molecule has 0 saturated carbocycles. The van der Waals surface area contributed by atoms with E-state index in [1.54, 1.807) is 46.1 Å². The fourth-order valence-corrected chi connectivity index (χ4v) is 3.07. The summed E-state index contributed by atoms with van der Waals surface area (Å²) in [5.41, 5.74) is 4.49. The Hall–Kier alpha value is -3.91. The van der Waals surface area contributed by atoms with Gasteiger partial charge in [-0.25, -0.2) is 4.99 Å². The molecule has 2 aromatic carbocycles. The van der Waals surface area contributed by atoms with Crippen molar-refractivity contribution in [2.75, 3.05) is 14.1 Å². The molecular formula is C25H27N5O3. The molecule has 170 valence electrons. The molecule has 0 aliphatic carbocycles. The van der Waals surface area contributed by atoms with Crippen LogP contribution in [-0.2, 0) is 0 Å². The number of aliphatic hydroxyl groups excluding tert-OH is 1. The van der Waals surface area contributed by atoms with Gasteiger partial charge in [-0.15, -0.1) is 10.2 Å². The first-order valence-electron chi connectivity index (χ1n) is 10.4. The smallest absolute Gasteiger partial charge is 0.268 e. The number of hydrogen-bond acceptors (Lipinski definition) is 7. The van der Waals surface area contributed by atoms with E-state index in [0.29, 0.717) is 34.1 Å². The molecule has 0 bridgehead atoms. The van der Waals surface area contributed by atoms with E-state index in [9.17, 15) is 9.90 Å². The molecule has 0 aliphatic heterocycles. The molecule has 0 spiro atoms. The lowest BCUT2D eigenvalue weighted by molar-refractivity contribution is 0.0827. The number of hydrogen-bond donors (Lipinski definition) is 1. The normalized spacial score (nSPS) is 13.3. The third kappa shape index (κ3) is 5.48. The zero-order valence-corrected chi connectivity index (χ0v) is 19.4. The van der Waals surface area contributed by atoms with Gasteiger partial charge < -0.3 is 14.4 Å². The Morgan fingerprint density at radius 2 is 1.76 bits per heavy atom. The molecule has 1 N–H and O–H groups in total. The number of aromatic nitrogens is 2. The summed E-state index contributed by atoms with van der Waals surface area (Å²) in [6.07, 6.45) is -0.610.